The van der Waals surface area contributed by atoms with Crippen molar-refractivity contribution in [1.29, 1.82) is 0 Å². The lowest BCUT2D eigenvalue weighted by Crippen LogP contribution is -2.02. The number of hydrogen-bond donors (Lipinski definition) is 1. The van der Waals surface area contributed by atoms with Gasteiger partial charge in [0.15, 0.2) is 11.5 Å². The molecule has 0 saturated carbocycles. The molecule has 0 aliphatic carbocycles. The molecular formula is C12H14N2O4. The van der Waals surface area contributed by atoms with Crippen molar-refractivity contribution in [2.24, 2.45) is 0 Å². The first kappa shape index (κ1) is 12.4. The molecule has 0 radical (unpaired) electrons. The first-order valence-electron chi connectivity index (χ1n) is 5.43. The fraction of sp³-hybridized carbons (Fsp3) is 0.333. The Morgan fingerprint density at radius 1 is 1.33 bits per heavy atom. The number of hydrogen-bond acceptors (Lipinski definition) is 6. The SMILES string of the molecule is COc1cccc(CO)c1OCc1nonc1C. The van der Waals surface area contributed by atoms with Gasteiger partial charge in [-0.3, -0.25) is 0 Å². The van der Waals surface area contributed by atoms with Crippen molar-refractivity contribution in [2.45, 2.75) is 20.1 Å². The number of methoxy groups -OCH3 is 1. The van der Waals surface area contributed by atoms with Gasteiger partial charge >= 0.3 is 0 Å². The first-order chi connectivity index (χ1) is 8.76. The predicted octanol–water partition coefficient (Wildman–Crippen LogP) is 1.46. The molecule has 0 atom stereocenters. The lowest BCUT2D eigenvalue weighted by Gasteiger charge is -2.12. The number of aliphatic hydroxyl groups excluding tert-OH is 1. The number of aryl methyl sites for hydroxylation is 1. The number of ether oxygens (including phenoxy) is 2. The van der Waals surface area contributed by atoms with Gasteiger partial charge < -0.3 is 14.6 Å². The Morgan fingerprint density at radius 2 is 2.17 bits per heavy atom. The molecule has 2 rings (SSSR count). The van der Waals surface area contributed by atoms with Crippen LogP contribution in [0.3, 0.4) is 0 Å². The summed E-state index contributed by atoms with van der Waals surface area (Å²) in [5.74, 6) is 1.07. The second-order valence-electron chi connectivity index (χ2n) is 3.69. The molecular weight excluding hydrogens is 236 g/mol. The van der Waals surface area contributed by atoms with Crippen LogP contribution in [0.1, 0.15) is 17.0 Å². The fourth-order valence-corrected chi connectivity index (χ4v) is 1.53. The molecule has 6 nitrogen and oxygen atoms in total. The molecule has 0 spiro atoms. The number of nitrogens with zero attached hydrogens (tertiary/aromatic N) is 2. The van der Waals surface area contributed by atoms with Crippen LogP contribution in [0, 0.1) is 6.92 Å². The third kappa shape index (κ3) is 2.43. The van der Waals surface area contributed by atoms with E-state index in [9.17, 15) is 5.11 Å². The van der Waals surface area contributed by atoms with E-state index < -0.39 is 0 Å². The van der Waals surface area contributed by atoms with E-state index in [-0.39, 0.29) is 13.2 Å². The Labute approximate surface area is 104 Å². The highest BCUT2D eigenvalue weighted by Crippen LogP contribution is 2.31. The lowest BCUT2D eigenvalue weighted by atomic mass is 10.2. The summed E-state index contributed by atoms with van der Waals surface area (Å²) in [4.78, 5) is 0. The summed E-state index contributed by atoms with van der Waals surface area (Å²) in [5, 5.41) is 16.7. The minimum Gasteiger partial charge on any atom is -0.493 e. The van der Waals surface area contributed by atoms with E-state index >= 15 is 0 Å². The van der Waals surface area contributed by atoms with Crippen LogP contribution in [0.4, 0.5) is 0 Å². The highest BCUT2D eigenvalue weighted by molar-refractivity contribution is 5.46. The summed E-state index contributed by atoms with van der Waals surface area (Å²) in [6, 6.07) is 5.33. The van der Waals surface area contributed by atoms with Crippen molar-refractivity contribution < 1.29 is 19.2 Å². The second kappa shape index (κ2) is 5.50. The van der Waals surface area contributed by atoms with Crippen LogP contribution in [-0.2, 0) is 13.2 Å². The van der Waals surface area contributed by atoms with Gasteiger partial charge in [0, 0.05) is 5.56 Å². The number of benzene rings is 1. The van der Waals surface area contributed by atoms with Crippen molar-refractivity contribution in [1.82, 2.24) is 10.3 Å². The Hall–Kier alpha value is -2.08. The number of aromatic nitrogens is 2. The average molecular weight is 250 g/mol. The summed E-state index contributed by atoms with van der Waals surface area (Å²) in [6.07, 6.45) is 0. The summed E-state index contributed by atoms with van der Waals surface area (Å²) in [6.45, 7) is 1.87. The maximum Gasteiger partial charge on any atom is 0.167 e. The topological polar surface area (TPSA) is 77.6 Å². The summed E-state index contributed by atoms with van der Waals surface area (Å²) in [7, 11) is 1.55. The minimum absolute atomic E-state index is 0.122. The Balaban J connectivity index is 2.20. The van der Waals surface area contributed by atoms with Crippen molar-refractivity contribution >= 4 is 0 Å². The summed E-state index contributed by atoms with van der Waals surface area (Å²) < 4.78 is 15.4. The first-order valence-corrected chi connectivity index (χ1v) is 5.43. The normalized spacial score (nSPS) is 10.4. The van der Waals surface area contributed by atoms with E-state index in [2.05, 4.69) is 14.9 Å². The predicted molar refractivity (Wildman–Crippen MR) is 62.3 cm³/mol. The quantitative estimate of drug-likeness (QED) is 0.865. The number of aliphatic hydroxyl groups is 1. The fourth-order valence-electron chi connectivity index (χ4n) is 1.53. The lowest BCUT2D eigenvalue weighted by molar-refractivity contribution is 0.241. The molecule has 0 fully saturated rings. The van der Waals surface area contributed by atoms with Crippen molar-refractivity contribution in [2.75, 3.05) is 7.11 Å². The van der Waals surface area contributed by atoms with Crippen molar-refractivity contribution in [3.63, 3.8) is 0 Å². The Bertz CT molecular complexity index is 502. The van der Waals surface area contributed by atoms with Gasteiger partial charge in [-0.25, -0.2) is 4.63 Å². The van der Waals surface area contributed by atoms with E-state index in [0.29, 0.717) is 28.5 Å². The molecule has 0 aliphatic heterocycles. The van der Waals surface area contributed by atoms with Gasteiger partial charge in [-0.1, -0.05) is 22.4 Å². The maximum atomic E-state index is 9.27. The molecule has 1 aromatic carbocycles. The van der Waals surface area contributed by atoms with Gasteiger partial charge in [0.1, 0.15) is 18.0 Å². The molecule has 0 amide bonds. The zero-order chi connectivity index (χ0) is 13.0. The smallest absolute Gasteiger partial charge is 0.167 e. The minimum atomic E-state index is -0.122. The molecule has 2 aromatic rings. The van der Waals surface area contributed by atoms with Crippen LogP contribution in [0.2, 0.25) is 0 Å². The summed E-state index contributed by atoms with van der Waals surface area (Å²) in [5.41, 5.74) is 1.95. The molecule has 1 heterocycles. The van der Waals surface area contributed by atoms with E-state index in [1.807, 2.05) is 0 Å². The van der Waals surface area contributed by atoms with E-state index in [0.717, 1.165) is 0 Å². The van der Waals surface area contributed by atoms with Gasteiger partial charge in [-0.15, -0.1) is 0 Å². The molecule has 1 N–H and O–H groups in total. The number of para-hydroxylation sites is 1. The highest BCUT2D eigenvalue weighted by Gasteiger charge is 2.12. The highest BCUT2D eigenvalue weighted by atomic mass is 16.6. The van der Waals surface area contributed by atoms with E-state index in [4.69, 9.17) is 9.47 Å². The Kier molecular flexibility index (Phi) is 3.78. The molecule has 96 valence electrons. The Morgan fingerprint density at radius 3 is 2.78 bits per heavy atom. The molecule has 0 unspecified atom stereocenters. The molecule has 0 saturated heterocycles. The largest absolute Gasteiger partial charge is 0.493 e. The number of rotatable bonds is 5. The molecule has 6 heteroatoms. The third-order valence-corrected chi connectivity index (χ3v) is 2.55. The van der Waals surface area contributed by atoms with Crippen LogP contribution in [0.15, 0.2) is 22.8 Å². The molecule has 18 heavy (non-hydrogen) atoms. The van der Waals surface area contributed by atoms with Crippen LogP contribution in [-0.4, -0.2) is 22.5 Å². The monoisotopic (exact) mass is 250 g/mol. The third-order valence-electron chi connectivity index (χ3n) is 2.55. The van der Waals surface area contributed by atoms with Crippen LogP contribution in [0.5, 0.6) is 11.5 Å². The van der Waals surface area contributed by atoms with Gasteiger partial charge in [-0.05, 0) is 13.0 Å². The van der Waals surface area contributed by atoms with Crippen LogP contribution < -0.4 is 9.47 Å². The summed E-state index contributed by atoms with van der Waals surface area (Å²) >= 11 is 0. The van der Waals surface area contributed by atoms with Gasteiger partial charge in [-0.2, -0.15) is 0 Å². The van der Waals surface area contributed by atoms with Crippen molar-refractivity contribution in [3.8, 4) is 11.5 Å². The van der Waals surface area contributed by atoms with E-state index in [1.54, 1.807) is 32.2 Å². The molecule has 0 aliphatic rings. The zero-order valence-corrected chi connectivity index (χ0v) is 10.2. The standard InChI is InChI=1S/C12H14N2O4/c1-8-10(14-18-13-8)7-17-12-9(6-15)4-3-5-11(12)16-2/h3-5,15H,6-7H2,1-2H3. The van der Waals surface area contributed by atoms with Gasteiger partial charge in [0.05, 0.1) is 13.7 Å². The maximum absolute atomic E-state index is 9.27. The van der Waals surface area contributed by atoms with Gasteiger partial charge in [0.25, 0.3) is 0 Å². The van der Waals surface area contributed by atoms with Crippen LogP contribution >= 0.6 is 0 Å². The average Bonchev–Trinajstić information content (AvgIpc) is 2.81. The molecule has 1 aromatic heterocycles. The second-order valence-corrected chi connectivity index (χ2v) is 3.69. The van der Waals surface area contributed by atoms with Crippen molar-refractivity contribution in [3.05, 3.63) is 35.2 Å². The zero-order valence-electron chi connectivity index (χ0n) is 10.2. The van der Waals surface area contributed by atoms with Gasteiger partial charge in [0.2, 0.25) is 0 Å². The molecule has 0 bridgehead atoms. The van der Waals surface area contributed by atoms with Crippen LogP contribution in [0.25, 0.3) is 0 Å². The van der Waals surface area contributed by atoms with E-state index in [1.165, 1.54) is 0 Å².